The lowest BCUT2D eigenvalue weighted by atomic mass is 10.2. The normalized spacial score (nSPS) is 12.2. The van der Waals surface area contributed by atoms with Crippen LogP contribution < -0.4 is 4.74 Å². The van der Waals surface area contributed by atoms with E-state index in [2.05, 4.69) is 4.98 Å². The van der Waals surface area contributed by atoms with Gasteiger partial charge in [0.15, 0.2) is 0 Å². The van der Waals surface area contributed by atoms with E-state index in [4.69, 9.17) is 4.74 Å². The third-order valence-corrected chi connectivity index (χ3v) is 2.52. The molecular weight excluding hydrogens is 233 g/mol. The summed E-state index contributed by atoms with van der Waals surface area (Å²) in [4.78, 5) is 4.10. The van der Waals surface area contributed by atoms with Crippen LogP contribution >= 0.6 is 0 Å². The number of pyridine rings is 1. The SMILES string of the molecule is CC[C@@H](O)c1ccc(Oc2cccc(F)c2)cn1. The summed E-state index contributed by atoms with van der Waals surface area (Å²) in [6.07, 6.45) is 1.56. The minimum absolute atomic E-state index is 0.349. The van der Waals surface area contributed by atoms with E-state index in [-0.39, 0.29) is 5.82 Å². The summed E-state index contributed by atoms with van der Waals surface area (Å²) in [7, 11) is 0. The van der Waals surface area contributed by atoms with Crippen LogP contribution in [-0.2, 0) is 0 Å². The topological polar surface area (TPSA) is 42.4 Å². The summed E-state index contributed by atoms with van der Waals surface area (Å²) in [5.41, 5.74) is 0.601. The highest BCUT2D eigenvalue weighted by atomic mass is 19.1. The van der Waals surface area contributed by atoms with Crippen molar-refractivity contribution in [2.24, 2.45) is 0 Å². The quantitative estimate of drug-likeness (QED) is 0.899. The Morgan fingerprint density at radius 1 is 1.28 bits per heavy atom. The smallest absolute Gasteiger partial charge is 0.145 e. The molecule has 0 aliphatic carbocycles. The van der Waals surface area contributed by atoms with Crippen LogP contribution in [0.1, 0.15) is 25.1 Å². The Bertz CT molecular complexity index is 513. The zero-order valence-corrected chi connectivity index (χ0v) is 10.0. The van der Waals surface area contributed by atoms with Gasteiger partial charge in [0.1, 0.15) is 17.3 Å². The van der Waals surface area contributed by atoms with Crippen molar-refractivity contribution in [1.29, 1.82) is 0 Å². The van der Waals surface area contributed by atoms with E-state index in [1.807, 2.05) is 6.92 Å². The summed E-state index contributed by atoms with van der Waals surface area (Å²) < 4.78 is 18.4. The van der Waals surface area contributed by atoms with Crippen molar-refractivity contribution in [2.45, 2.75) is 19.4 Å². The summed E-state index contributed by atoms with van der Waals surface area (Å²) in [6.45, 7) is 1.88. The number of aliphatic hydroxyl groups is 1. The lowest BCUT2D eigenvalue weighted by Gasteiger charge is -2.09. The molecule has 0 unspecified atom stereocenters. The molecule has 0 amide bonds. The van der Waals surface area contributed by atoms with Crippen molar-refractivity contribution >= 4 is 0 Å². The van der Waals surface area contributed by atoms with Gasteiger partial charge in [-0.1, -0.05) is 13.0 Å². The Morgan fingerprint density at radius 3 is 2.72 bits per heavy atom. The molecule has 1 aromatic carbocycles. The number of ether oxygens (including phenoxy) is 1. The zero-order valence-electron chi connectivity index (χ0n) is 10.0. The van der Waals surface area contributed by atoms with E-state index in [1.54, 1.807) is 24.3 Å². The molecule has 0 saturated heterocycles. The molecule has 0 radical (unpaired) electrons. The molecule has 0 aliphatic heterocycles. The highest BCUT2D eigenvalue weighted by Gasteiger charge is 2.06. The fourth-order valence-electron chi connectivity index (χ4n) is 1.52. The van der Waals surface area contributed by atoms with Crippen molar-refractivity contribution in [3.05, 3.63) is 54.1 Å². The Morgan fingerprint density at radius 2 is 2.11 bits per heavy atom. The zero-order chi connectivity index (χ0) is 13.0. The van der Waals surface area contributed by atoms with Crippen molar-refractivity contribution in [1.82, 2.24) is 4.98 Å². The van der Waals surface area contributed by atoms with Crippen LogP contribution in [0.3, 0.4) is 0 Å². The maximum atomic E-state index is 13.0. The van der Waals surface area contributed by atoms with Gasteiger partial charge in [0, 0.05) is 6.07 Å². The minimum Gasteiger partial charge on any atom is -0.456 e. The van der Waals surface area contributed by atoms with Crippen LogP contribution in [0.4, 0.5) is 4.39 Å². The molecule has 94 valence electrons. The number of hydrogen-bond donors (Lipinski definition) is 1. The minimum atomic E-state index is -0.562. The van der Waals surface area contributed by atoms with Crippen LogP contribution in [0.5, 0.6) is 11.5 Å². The standard InChI is InChI=1S/C14H14FNO2/c1-2-14(17)13-7-6-12(9-16-13)18-11-5-3-4-10(15)8-11/h3-9,14,17H,2H2,1H3/t14-/m1/s1. The van der Waals surface area contributed by atoms with Gasteiger partial charge in [0.25, 0.3) is 0 Å². The maximum absolute atomic E-state index is 13.0. The number of nitrogens with zero attached hydrogens (tertiary/aromatic N) is 1. The van der Waals surface area contributed by atoms with Gasteiger partial charge in [-0.25, -0.2) is 4.39 Å². The molecule has 1 aromatic heterocycles. The second-order valence-electron chi connectivity index (χ2n) is 3.90. The monoisotopic (exact) mass is 247 g/mol. The number of halogens is 1. The molecule has 1 atom stereocenters. The predicted molar refractivity (Wildman–Crippen MR) is 66.0 cm³/mol. The van der Waals surface area contributed by atoms with Gasteiger partial charge in [0.2, 0.25) is 0 Å². The van der Waals surface area contributed by atoms with Gasteiger partial charge in [-0.15, -0.1) is 0 Å². The van der Waals surface area contributed by atoms with Crippen LogP contribution in [0.15, 0.2) is 42.6 Å². The number of hydrogen-bond acceptors (Lipinski definition) is 3. The number of benzene rings is 1. The predicted octanol–water partition coefficient (Wildman–Crippen LogP) is 3.46. The second kappa shape index (κ2) is 5.60. The molecule has 0 saturated carbocycles. The lowest BCUT2D eigenvalue weighted by Crippen LogP contribution is -1.98. The highest BCUT2D eigenvalue weighted by Crippen LogP contribution is 2.22. The lowest BCUT2D eigenvalue weighted by molar-refractivity contribution is 0.169. The first-order chi connectivity index (χ1) is 8.69. The molecule has 0 bridgehead atoms. The second-order valence-corrected chi connectivity index (χ2v) is 3.90. The fraction of sp³-hybridized carbons (Fsp3) is 0.214. The summed E-state index contributed by atoms with van der Waals surface area (Å²) in [6, 6.07) is 9.29. The first-order valence-corrected chi connectivity index (χ1v) is 5.76. The first-order valence-electron chi connectivity index (χ1n) is 5.76. The van der Waals surface area contributed by atoms with Crippen molar-refractivity contribution in [3.63, 3.8) is 0 Å². The van der Waals surface area contributed by atoms with Gasteiger partial charge in [0.05, 0.1) is 18.0 Å². The Labute approximate surface area is 105 Å². The van der Waals surface area contributed by atoms with E-state index >= 15 is 0 Å². The molecule has 0 aliphatic rings. The van der Waals surface area contributed by atoms with Crippen molar-refractivity contribution in [2.75, 3.05) is 0 Å². The molecule has 18 heavy (non-hydrogen) atoms. The van der Waals surface area contributed by atoms with Crippen LogP contribution in [-0.4, -0.2) is 10.1 Å². The molecule has 0 spiro atoms. The van der Waals surface area contributed by atoms with Crippen LogP contribution in [0.25, 0.3) is 0 Å². The van der Waals surface area contributed by atoms with Gasteiger partial charge in [-0.2, -0.15) is 0 Å². The molecule has 1 N–H and O–H groups in total. The average Bonchev–Trinajstić information content (AvgIpc) is 2.39. The van der Waals surface area contributed by atoms with E-state index in [9.17, 15) is 9.50 Å². The van der Waals surface area contributed by atoms with E-state index < -0.39 is 6.10 Å². The van der Waals surface area contributed by atoms with Crippen molar-refractivity contribution in [3.8, 4) is 11.5 Å². The Kier molecular flexibility index (Phi) is 3.89. The molecule has 0 fully saturated rings. The van der Waals surface area contributed by atoms with E-state index in [1.165, 1.54) is 18.3 Å². The van der Waals surface area contributed by atoms with Crippen molar-refractivity contribution < 1.29 is 14.2 Å². The third-order valence-electron chi connectivity index (χ3n) is 2.52. The van der Waals surface area contributed by atoms with Gasteiger partial charge >= 0.3 is 0 Å². The molecule has 4 heteroatoms. The first kappa shape index (κ1) is 12.5. The van der Waals surface area contributed by atoms with Crippen LogP contribution in [0.2, 0.25) is 0 Å². The fourth-order valence-corrected chi connectivity index (χ4v) is 1.52. The number of rotatable bonds is 4. The summed E-state index contributed by atoms with van der Waals surface area (Å²) in [5.74, 6) is 0.576. The average molecular weight is 247 g/mol. The highest BCUT2D eigenvalue weighted by molar-refractivity contribution is 5.30. The maximum Gasteiger partial charge on any atom is 0.145 e. The summed E-state index contributed by atoms with van der Waals surface area (Å²) in [5, 5.41) is 9.59. The number of aromatic nitrogens is 1. The molecule has 3 nitrogen and oxygen atoms in total. The molecule has 2 aromatic rings. The van der Waals surface area contributed by atoms with Gasteiger partial charge in [-0.05, 0) is 30.7 Å². The number of aliphatic hydroxyl groups excluding tert-OH is 1. The van der Waals surface area contributed by atoms with E-state index in [0.29, 0.717) is 23.6 Å². The molecular formula is C14H14FNO2. The third kappa shape index (κ3) is 3.05. The summed E-state index contributed by atoms with van der Waals surface area (Å²) >= 11 is 0. The van der Waals surface area contributed by atoms with E-state index in [0.717, 1.165) is 0 Å². The molecule has 2 rings (SSSR count). The largest absolute Gasteiger partial charge is 0.456 e. The van der Waals surface area contributed by atoms with Crippen LogP contribution in [0, 0.1) is 5.82 Å². The van der Waals surface area contributed by atoms with Gasteiger partial charge in [-0.3, -0.25) is 4.98 Å². The van der Waals surface area contributed by atoms with Gasteiger partial charge < -0.3 is 9.84 Å². The Balaban J connectivity index is 2.11. The molecule has 1 heterocycles. The Hall–Kier alpha value is -1.94.